The van der Waals surface area contributed by atoms with E-state index in [9.17, 15) is 5.11 Å². The molecule has 1 N–H and O–H groups in total. The highest BCUT2D eigenvalue weighted by Crippen LogP contribution is 2.36. The van der Waals surface area contributed by atoms with Crippen LogP contribution in [0.3, 0.4) is 0 Å². The lowest BCUT2D eigenvalue weighted by atomic mass is 10.1. The highest BCUT2D eigenvalue weighted by Gasteiger charge is 2.37. The first kappa shape index (κ1) is 21.1. The van der Waals surface area contributed by atoms with Crippen LogP contribution in [-0.2, 0) is 4.43 Å². The largest absolute Gasteiger partial charge is 0.414 e. The second kappa shape index (κ2) is 10.8. The van der Waals surface area contributed by atoms with Crippen molar-refractivity contribution in [2.45, 2.75) is 110 Å². The summed E-state index contributed by atoms with van der Waals surface area (Å²) in [4.78, 5) is 0. The second-order valence-corrected chi connectivity index (χ2v) is 12.8. The molecule has 128 valence electrons. The molecular weight excluding hydrogens is 276 g/mol. The topological polar surface area (TPSA) is 29.5 Å². The number of aliphatic hydroxyl groups is 1. The monoisotopic (exact) mass is 316 g/mol. The Bertz CT molecular complexity index is 246. The van der Waals surface area contributed by atoms with E-state index in [0.717, 1.165) is 12.8 Å². The van der Waals surface area contributed by atoms with E-state index < -0.39 is 8.32 Å². The molecule has 0 fully saturated rings. The molecule has 0 aliphatic carbocycles. The summed E-state index contributed by atoms with van der Waals surface area (Å²) in [6.45, 7) is 14.0. The summed E-state index contributed by atoms with van der Waals surface area (Å²) in [5, 5.41) is 10.3. The number of hydrogen-bond acceptors (Lipinski definition) is 2. The molecule has 0 heterocycles. The first-order valence-electron chi connectivity index (χ1n) is 9.02. The van der Waals surface area contributed by atoms with Crippen LogP contribution in [0.1, 0.15) is 85.5 Å². The molecule has 1 unspecified atom stereocenters. The molecule has 0 aliphatic rings. The molecule has 0 saturated heterocycles. The van der Waals surface area contributed by atoms with Gasteiger partial charge in [-0.3, -0.25) is 0 Å². The van der Waals surface area contributed by atoms with Crippen LogP contribution in [0, 0.1) is 0 Å². The molecule has 3 heteroatoms. The Morgan fingerprint density at radius 3 is 1.86 bits per heavy atom. The van der Waals surface area contributed by atoms with E-state index >= 15 is 0 Å². The summed E-state index contributed by atoms with van der Waals surface area (Å²) in [6, 6.07) is 0. The quantitative estimate of drug-likeness (QED) is 0.359. The summed E-state index contributed by atoms with van der Waals surface area (Å²) in [7, 11) is -1.70. The van der Waals surface area contributed by atoms with E-state index in [0.29, 0.717) is 6.61 Å². The van der Waals surface area contributed by atoms with Crippen molar-refractivity contribution in [1.82, 2.24) is 0 Å². The smallest absolute Gasteiger partial charge is 0.192 e. The Kier molecular flexibility index (Phi) is 10.9. The zero-order chi connectivity index (χ0) is 16.4. The van der Waals surface area contributed by atoms with E-state index in [-0.39, 0.29) is 11.1 Å². The lowest BCUT2D eigenvalue weighted by Crippen LogP contribution is -2.42. The Balaban J connectivity index is 3.57. The first-order valence-corrected chi connectivity index (χ1v) is 11.9. The van der Waals surface area contributed by atoms with Crippen molar-refractivity contribution in [2.75, 3.05) is 6.61 Å². The van der Waals surface area contributed by atoms with Crippen molar-refractivity contribution < 1.29 is 9.53 Å². The number of unbranched alkanes of at least 4 members (excludes halogenated alkanes) is 7. The normalized spacial score (nSPS) is 14.4. The third-order valence-corrected chi connectivity index (χ3v) is 9.33. The minimum atomic E-state index is -1.70. The van der Waals surface area contributed by atoms with Crippen LogP contribution < -0.4 is 0 Å². The van der Waals surface area contributed by atoms with E-state index in [1.807, 2.05) is 0 Å². The molecule has 2 nitrogen and oxygen atoms in total. The molecule has 0 aromatic carbocycles. The van der Waals surface area contributed by atoms with Crippen LogP contribution in [0.4, 0.5) is 0 Å². The van der Waals surface area contributed by atoms with E-state index in [2.05, 4.69) is 40.8 Å². The average molecular weight is 317 g/mol. The van der Waals surface area contributed by atoms with Crippen LogP contribution in [-0.4, -0.2) is 26.1 Å². The number of rotatable bonds is 12. The maximum Gasteiger partial charge on any atom is 0.192 e. The highest BCUT2D eigenvalue weighted by molar-refractivity contribution is 6.74. The Morgan fingerprint density at radius 2 is 1.38 bits per heavy atom. The fraction of sp³-hybridized carbons (Fsp3) is 1.00. The first-order chi connectivity index (χ1) is 9.70. The van der Waals surface area contributed by atoms with Gasteiger partial charge in [0.2, 0.25) is 0 Å². The molecular formula is C18H40O2Si. The van der Waals surface area contributed by atoms with Gasteiger partial charge in [0.15, 0.2) is 8.32 Å². The average Bonchev–Trinajstić information content (AvgIpc) is 2.38. The summed E-state index contributed by atoms with van der Waals surface area (Å²) < 4.78 is 6.07. The molecule has 0 aromatic rings. The maximum atomic E-state index is 10.0. The molecule has 1 atom stereocenters. The number of aliphatic hydroxyl groups excluding tert-OH is 1. The van der Waals surface area contributed by atoms with Gasteiger partial charge in [0, 0.05) is 0 Å². The van der Waals surface area contributed by atoms with Crippen LogP contribution >= 0.6 is 0 Å². The van der Waals surface area contributed by atoms with Gasteiger partial charge in [0.1, 0.15) is 0 Å². The van der Waals surface area contributed by atoms with Gasteiger partial charge in [0.05, 0.1) is 12.7 Å². The Hall–Kier alpha value is 0.137. The standard InChI is InChI=1S/C18H40O2Si/c1-7-8-9-10-11-12-13-14-15-17(19)16-20-21(5,6)18(2,3)4/h17,19H,7-16H2,1-6H3. The summed E-state index contributed by atoms with van der Waals surface area (Å²) >= 11 is 0. The molecule has 0 bridgehead atoms. The molecule has 0 saturated carbocycles. The Morgan fingerprint density at radius 1 is 0.905 bits per heavy atom. The van der Waals surface area contributed by atoms with Crippen LogP contribution in [0.5, 0.6) is 0 Å². The zero-order valence-electron chi connectivity index (χ0n) is 15.5. The second-order valence-electron chi connectivity index (χ2n) is 7.99. The molecule has 0 amide bonds. The van der Waals surface area contributed by atoms with Gasteiger partial charge >= 0.3 is 0 Å². The summed E-state index contributed by atoms with van der Waals surface area (Å²) in [6.07, 6.45) is 11.1. The van der Waals surface area contributed by atoms with Gasteiger partial charge in [-0.2, -0.15) is 0 Å². The lowest BCUT2D eigenvalue weighted by Gasteiger charge is -2.36. The van der Waals surface area contributed by atoms with Gasteiger partial charge in [-0.25, -0.2) is 0 Å². The van der Waals surface area contributed by atoms with Crippen molar-refractivity contribution in [3.63, 3.8) is 0 Å². The van der Waals surface area contributed by atoms with E-state index in [1.165, 1.54) is 44.9 Å². The van der Waals surface area contributed by atoms with Crippen LogP contribution in [0.2, 0.25) is 18.1 Å². The SMILES string of the molecule is CCCCCCCCCCC(O)CO[Si](C)(C)C(C)(C)C. The van der Waals surface area contributed by atoms with Crippen molar-refractivity contribution in [3.8, 4) is 0 Å². The summed E-state index contributed by atoms with van der Waals surface area (Å²) in [5.74, 6) is 0. The predicted octanol–water partition coefficient (Wildman–Crippen LogP) is 5.90. The highest BCUT2D eigenvalue weighted by atomic mass is 28.4. The van der Waals surface area contributed by atoms with Gasteiger partial charge in [-0.1, -0.05) is 79.1 Å². The molecule has 21 heavy (non-hydrogen) atoms. The third kappa shape index (κ3) is 10.5. The van der Waals surface area contributed by atoms with E-state index in [4.69, 9.17) is 4.43 Å². The van der Waals surface area contributed by atoms with Crippen LogP contribution in [0.15, 0.2) is 0 Å². The third-order valence-electron chi connectivity index (χ3n) is 4.83. The molecule has 0 spiro atoms. The minimum Gasteiger partial charge on any atom is -0.414 e. The molecule has 0 aromatic heterocycles. The number of hydrogen-bond donors (Lipinski definition) is 1. The molecule has 0 aliphatic heterocycles. The molecule has 0 rings (SSSR count). The van der Waals surface area contributed by atoms with Gasteiger partial charge in [-0.15, -0.1) is 0 Å². The Labute approximate surface area is 134 Å². The lowest BCUT2D eigenvalue weighted by molar-refractivity contribution is 0.0905. The minimum absolute atomic E-state index is 0.227. The predicted molar refractivity (Wildman–Crippen MR) is 96.4 cm³/mol. The van der Waals surface area contributed by atoms with Crippen molar-refractivity contribution in [3.05, 3.63) is 0 Å². The fourth-order valence-electron chi connectivity index (χ4n) is 2.12. The summed E-state index contributed by atoms with van der Waals surface area (Å²) in [5.41, 5.74) is 0. The van der Waals surface area contributed by atoms with Gasteiger partial charge in [0.25, 0.3) is 0 Å². The van der Waals surface area contributed by atoms with Crippen molar-refractivity contribution in [2.24, 2.45) is 0 Å². The fourth-order valence-corrected chi connectivity index (χ4v) is 3.16. The van der Waals surface area contributed by atoms with E-state index in [1.54, 1.807) is 0 Å². The zero-order valence-corrected chi connectivity index (χ0v) is 16.5. The van der Waals surface area contributed by atoms with Crippen LogP contribution in [0.25, 0.3) is 0 Å². The van der Waals surface area contributed by atoms with Gasteiger partial charge in [-0.05, 0) is 24.6 Å². The molecule has 0 radical (unpaired) electrons. The van der Waals surface area contributed by atoms with Crippen molar-refractivity contribution in [1.29, 1.82) is 0 Å². The maximum absolute atomic E-state index is 10.0. The van der Waals surface area contributed by atoms with Crippen molar-refractivity contribution >= 4 is 8.32 Å². The van der Waals surface area contributed by atoms with Gasteiger partial charge < -0.3 is 9.53 Å².